The van der Waals surface area contributed by atoms with Crippen LogP contribution in [0.25, 0.3) is 0 Å². The van der Waals surface area contributed by atoms with Gasteiger partial charge in [-0.05, 0) is 50.1 Å². The van der Waals surface area contributed by atoms with E-state index < -0.39 is 0 Å². The summed E-state index contributed by atoms with van der Waals surface area (Å²) < 4.78 is 1.74. The number of nitrogens with one attached hydrogen (secondary N) is 1. The van der Waals surface area contributed by atoms with E-state index in [1.54, 1.807) is 10.9 Å². The average Bonchev–Trinajstić information content (AvgIpc) is 3.10. The largest absolute Gasteiger partial charge is 0.393 e. The Morgan fingerprint density at radius 1 is 1.14 bits per heavy atom. The molecule has 150 valence electrons. The summed E-state index contributed by atoms with van der Waals surface area (Å²) in [5, 5.41) is 17.1. The van der Waals surface area contributed by atoms with Crippen molar-refractivity contribution in [3.8, 4) is 0 Å². The second kappa shape index (κ2) is 7.93. The molecule has 1 amide bonds. The number of carbonyl (C=O) groups is 1. The van der Waals surface area contributed by atoms with Crippen LogP contribution in [-0.2, 0) is 7.05 Å². The number of aliphatic hydroxyl groups is 1. The highest BCUT2D eigenvalue weighted by atomic mass is 16.3. The van der Waals surface area contributed by atoms with Crippen molar-refractivity contribution in [2.45, 2.75) is 25.0 Å². The minimum absolute atomic E-state index is 0.0832. The van der Waals surface area contributed by atoms with Gasteiger partial charge in [0.1, 0.15) is 0 Å². The molecule has 2 N–H and O–H groups in total. The Kier molecular flexibility index (Phi) is 5.37. The van der Waals surface area contributed by atoms with Gasteiger partial charge in [0.05, 0.1) is 18.3 Å². The van der Waals surface area contributed by atoms with E-state index in [4.69, 9.17) is 0 Å². The number of piperazine rings is 1. The van der Waals surface area contributed by atoms with Gasteiger partial charge in [-0.2, -0.15) is 5.10 Å². The summed E-state index contributed by atoms with van der Waals surface area (Å²) in [6.07, 6.45) is 4.90. The summed E-state index contributed by atoms with van der Waals surface area (Å²) in [6.45, 7) is 4.13. The Morgan fingerprint density at radius 2 is 1.82 bits per heavy atom. The smallest absolute Gasteiger partial charge is 0.251 e. The minimum Gasteiger partial charge on any atom is -0.393 e. The number of anilines is 1. The minimum atomic E-state index is -0.260. The Labute approximate surface area is 165 Å². The van der Waals surface area contributed by atoms with Crippen LogP contribution in [0.5, 0.6) is 0 Å². The third kappa shape index (κ3) is 4.05. The van der Waals surface area contributed by atoms with E-state index in [9.17, 15) is 9.90 Å². The Bertz CT molecular complexity index is 804. The molecular weight excluding hydrogens is 354 g/mol. The van der Waals surface area contributed by atoms with Crippen LogP contribution in [0.1, 0.15) is 34.8 Å². The number of rotatable bonds is 5. The fourth-order valence-corrected chi connectivity index (χ4v) is 4.09. The fourth-order valence-electron chi connectivity index (χ4n) is 4.09. The molecule has 1 aliphatic carbocycles. The summed E-state index contributed by atoms with van der Waals surface area (Å²) in [5.74, 6) is 0.160. The second-order valence-electron chi connectivity index (χ2n) is 8.12. The summed E-state index contributed by atoms with van der Waals surface area (Å²) in [5.41, 5.74) is 2.81. The quantitative estimate of drug-likeness (QED) is 0.817. The van der Waals surface area contributed by atoms with E-state index in [1.165, 1.54) is 0 Å². The van der Waals surface area contributed by atoms with Crippen LogP contribution in [0, 0.1) is 5.92 Å². The average molecular weight is 383 g/mol. The number of likely N-dealkylation sites (N-methyl/N-ethyl adjacent to an activating group) is 1. The number of aromatic nitrogens is 2. The van der Waals surface area contributed by atoms with E-state index in [-0.39, 0.29) is 24.0 Å². The highest BCUT2D eigenvalue weighted by Crippen LogP contribution is 2.38. The lowest BCUT2D eigenvalue weighted by Crippen LogP contribution is -2.44. The molecule has 1 unspecified atom stereocenters. The number of hydrogen-bond acceptors (Lipinski definition) is 5. The Hall–Kier alpha value is -2.38. The molecule has 1 atom stereocenters. The van der Waals surface area contributed by atoms with Crippen LogP contribution in [0.15, 0.2) is 36.7 Å². The Morgan fingerprint density at radius 3 is 2.39 bits per heavy atom. The molecule has 4 rings (SSSR count). The topological polar surface area (TPSA) is 73.6 Å². The SMILES string of the molecule is CN1CCN(c2ccc(C(=O)NC(c3cnn(C)c3)C3CC(O)C3)cc2)CC1. The van der Waals surface area contributed by atoms with Crippen molar-refractivity contribution in [1.82, 2.24) is 20.0 Å². The second-order valence-corrected chi connectivity index (χ2v) is 8.12. The molecule has 2 aliphatic rings. The van der Waals surface area contributed by atoms with Gasteiger partial charge in [0.2, 0.25) is 0 Å². The van der Waals surface area contributed by atoms with Gasteiger partial charge in [-0.15, -0.1) is 0 Å². The third-order valence-corrected chi connectivity index (χ3v) is 5.99. The first-order chi connectivity index (χ1) is 13.5. The molecule has 2 fully saturated rings. The molecule has 1 aromatic heterocycles. The van der Waals surface area contributed by atoms with Crippen molar-refractivity contribution in [3.05, 3.63) is 47.8 Å². The number of benzene rings is 1. The zero-order chi connectivity index (χ0) is 19.7. The number of aryl methyl sites for hydroxylation is 1. The van der Waals surface area contributed by atoms with Crippen molar-refractivity contribution in [2.24, 2.45) is 13.0 Å². The maximum atomic E-state index is 12.9. The van der Waals surface area contributed by atoms with Crippen molar-refractivity contribution in [2.75, 3.05) is 38.1 Å². The van der Waals surface area contributed by atoms with Crippen LogP contribution >= 0.6 is 0 Å². The van der Waals surface area contributed by atoms with Crippen LogP contribution in [0.4, 0.5) is 5.69 Å². The molecule has 0 radical (unpaired) electrons. The van der Waals surface area contributed by atoms with E-state index in [1.807, 2.05) is 37.5 Å². The van der Waals surface area contributed by atoms with Gasteiger partial charge in [0, 0.05) is 56.2 Å². The molecule has 2 aromatic rings. The van der Waals surface area contributed by atoms with E-state index in [0.29, 0.717) is 18.4 Å². The summed E-state index contributed by atoms with van der Waals surface area (Å²) in [4.78, 5) is 17.6. The first-order valence-corrected chi connectivity index (χ1v) is 10.0. The third-order valence-electron chi connectivity index (χ3n) is 5.99. The molecule has 0 spiro atoms. The summed E-state index contributed by atoms with van der Waals surface area (Å²) >= 11 is 0. The summed E-state index contributed by atoms with van der Waals surface area (Å²) in [6, 6.07) is 7.75. The molecule has 2 heterocycles. The van der Waals surface area contributed by atoms with Gasteiger partial charge in [0.25, 0.3) is 5.91 Å². The first kappa shape index (κ1) is 19.0. The molecule has 1 saturated carbocycles. The van der Waals surface area contributed by atoms with Gasteiger partial charge in [-0.3, -0.25) is 9.48 Å². The molecule has 0 bridgehead atoms. The molecule has 7 nitrogen and oxygen atoms in total. The van der Waals surface area contributed by atoms with Crippen molar-refractivity contribution in [3.63, 3.8) is 0 Å². The normalized spacial score (nSPS) is 23.9. The van der Waals surface area contributed by atoms with Crippen LogP contribution in [0.3, 0.4) is 0 Å². The molecule has 1 saturated heterocycles. The highest BCUT2D eigenvalue weighted by molar-refractivity contribution is 5.94. The van der Waals surface area contributed by atoms with Gasteiger partial charge in [-0.1, -0.05) is 0 Å². The van der Waals surface area contributed by atoms with Crippen molar-refractivity contribution < 1.29 is 9.90 Å². The van der Waals surface area contributed by atoms with Crippen LogP contribution < -0.4 is 10.2 Å². The fraction of sp³-hybridized carbons (Fsp3) is 0.524. The Balaban J connectivity index is 1.44. The monoisotopic (exact) mass is 383 g/mol. The van der Waals surface area contributed by atoms with Crippen LogP contribution in [-0.4, -0.2) is 65.0 Å². The molecular formula is C21H29N5O2. The zero-order valence-electron chi connectivity index (χ0n) is 16.6. The van der Waals surface area contributed by atoms with Gasteiger partial charge >= 0.3 is 0 Å². The first-order valence-electron chi connectivity index (χ1n) is 10.0. The van der Waals surface area contributed by atoms with E-state index >= 15 is 0 Å². The van der Waals surface area contributed by atoms with Gasteiger partial charge < -0.3 is 20.2 Å². The number of carbonyl (C=O) groups excluding carboxylic acids is 1. The highest BCUT2D eigenvalue weighted by Gasteiger charge is 2.36. The van der Waals surface area contributed by atoms with E-state index in [0.717, 1.165) is 37.4 Å². The lowest BCUT2D eigenvalue weighted by atomic mass is 9.75. The summed E-state index contributed by atoms with van der Waals surface area (Å²) in [7, 11) is 4.01. The number of aliphatic hydroxyl groups excluding tert-OH is 1. The van der Waals surface area contributed by atoms with Crippen LogP contribution in [0.2, 0.25) is 0 Å². The maximum absolute atomic E-state index is 12.9. The molecule has 28 heavy (non-hydrogen) atoms. The predicted molar refractivity (Wildman–Crippen MR) is 108 cm³/mol. The molecule has 1 aromatic carbocycles. The number of amides is 1. The van der Waals surface area contributed by atoms with Gasteiger partial charge in [0.15, 0.2) is 0 Å². The standard InChI is InChI=1S/C21H29N5O2/c1-24-7-9-26(10-8-24)18-5-3-15(4-6-18)21(28)23-20(16-11-19(27)12-16)17-13-22-25(2)14-17/h3-6,13-14,16,19-20,27H,7-12H2,1-2H3,(H,23,28). The van der Waals surface area contributed by atoms with Crippen molar-refractivity contribution in [1.29, 1.82) is 0 Å². The molecule has 1 aliphatic heterocycles. The predicted octanol–water partition coefficient (Wildman–Crippen LogP) is 1.41. The molecule has 7 heteroatoms. The lowest BCUT2D eigenvalue weighted by molar-refractivity contribution is 0.0235. The zero-order valence-corrected chi connectivity index (χ0v) is 16.6. The maximum Gasteiger partial charge on any atom is 0.251 e. The van der Waals surface area contributed by atoms with Gasteiger partial charge in [-0.25, -0.2) is 0 Å². The van der Waals surface area contributed by atoms with E-state index in [2.05, 4.69) is 27.3 Å². The lowest BCUT2D eigenvalue weighted by Gasteiger charge is -2.37. The number of nitrogens with zero attached hydrogens (tertiary/aromatic N) is 4. The van der Waals surface area contributed by atoms with Crippen molar-refractivity contribution >= 4 is 11.6 Å². The number of hydrogen-bond donors (Lipinski definition) is 2.